The van der Waals surface area contributed by atoms with Crippen LogP contribution < -0.4 is 4.72 Å². The molecule has 0 bridgehead atoms. The zero-order valence-electron chi connectivity index (χ0n) is 8.96. The maximum Gasteiger partial charge on any atom is 0.271 e. The molecule has 0 atom stereocenters. The van der Waals surface area contributed by atoms with Gasteiger partial charge in [0.25, 0.3) is 10.0 Å². The summed E-state index contributed by atoms with van der Waals surface area (Å²) < 4.78 is 26.3. The fourth-order valence-electron chi connectivity index (χ4n) is 1.14. The first-order chi connectivity index (χ1) is 8.94. The first kappa shape index (κ1) is 14.0. The standard InChI is InChI=1S/C9H4Cl2N4O2S2/c10-8-7(9(11)14-4-13-8)15-19(16,17)6-2-1-5(3-12)18-6/h1-2,4,15H. The van der Waals surface area contributed by atoms with Crippen molar-refractivity contribution in [3.8, 4) is 6.07 Å². The maximum atomic E-state index is 12.1. The van der Waals surface area contributed by atoms with Crippen molar-refractivity contribution in [2.75, 3.05) is 4.72 Å². The van der Waals surface area contributed by atoms with Crippen molar-refractivity contribution in [1.29, 1.82) is 5.26 Å². The van der Waals surface area contributed by atoms with E-state index in [1.54, 1.807) is 0 Å². The second-order valence-corrected chi connectivity index (χ2v) is 6.88. The van der Waals surface area contributed by atoms with Gasteiger partial charge in [-0.25, -0.2) is 18.4 Å². The molecule has 0 aromatic carbocycles. The molecule has 0 aliphatic heterocycles. The van der Waals surface area contributed by atoms with Crippen molar-refractivity contribution in [3.63, 3.8) is 0 Å². The van der Waals surface area contributed by atoms with Gasteiger partial charge in [-0.05, 0) is 12.1 Å². The molecule has 10 heteroatoms. The number of hydrogen-bond acceptors (Lipinski definition) is 6. The molecule has 1 N–H and O–H groups in total. The molecule has 0 radical (unpaired) electrons. The summed E-state index contributed by atoms with van der Waals surface area (Å²) in [6, 6.07) is 4.58. The first-order valence-electron chi connectivity index (χ1n) is 4.63. The summed E-state index contributed by atoms with van der Waals surface area (Å²) in [6.07, 6.45) is 1.11. The van der Waals surface area contributed by atoms with Gasteiger partial charge in [-0.3, -0.25) is 4.72 Å². The number of sulfonamides is 1. The van der Waals surface area contributed by atoms with Gasteiger partial charge in [0.1, 0.15) is 27.2 Å². The summed E-state index contributed by atoms with van der Waals surface area (Å²) in [5.41, 5.74) is -0.0993. The molecule has 0 saturated heterocycles. The van der Waals surface area contributed by atoms with E-state index in [9.17, 15) is 8.42 Å². The molecule has 0 unspecified atom stereocenters. The van der Waals surface area contributed by atoms with Gasteiger partial charge in [0, 0.05) is 0 Å². The Morgan fingerprint density at radius 2 is 1.89 bits per heavy atom. The zero-order chi connectivity index (χ0) is 14.0. The van der Waals surface area contributed by atoms with Crippen molar-refractivity contribution < 1.29 is 8.42 Å². The number of nitrogens with one attached hydrogen (secondary N) is 1. The van der Waals surface area contributed by atoms with Gasteiger partial charge >= 0.3 is 0 Å². The number of halogens is 2. The van der Waals surface area contributed by atoms with Crippen LogP contribution in [0.5, 0.6) is 0 Å². The maximum absolute atomic E-state index is 12.1. The van der Waals surface area contributed by atoms with Gasteiger partial charge in [0.2, 0.25) is 0 Å². The van der Waals surface area contributed by atoms with Crippen LogP contribution in [0.2, 0.25) is 10.3 Å². The van der Waals surface area contributed by atoms with Crippen molar-refractivity contribution in [1.82, 2.24) is 9.97 Å². The normalized spacial score (nSPS) is 11.0. The molecular weight excluding hydrogens is 331 g/mol. The third kappa shape index (κ3) is 2.96. The Morgan fingerprint density at radius 3 is 2.42 bits per heavy atom. The smallest absolute Gasteiger partial charge is 0.271 e. The molecule has 0 amide bonds. The van der Waals surface area contributed by atoms with Gasteiger partial charge in [0.05, 0.1) is 0 Å². The number of rotatable bonds is 3. The highest BCUT2D eigenvalue weighted by molar-refractivity contribution is 7.94. The summed E-state index contributed by atoms with van der Waals surface area (Å²) in [5.74, 6) is 0. The van der Waals surface area contributed by atoms with Crippen LogP contribution in [0, 0.1) is 11.3 Å². The Labute approximate surface area is 122 Å². The van der Waals surface area contributed by atoms with Gasteiger partial charge in [-0.1, -0.05) is 23.2 Å². The van der Waals surface area contributed by atoms with Gasteiger partial charge in [-0.15, -0.1) is 11.3 Å². The van der Waals surface area contributed by atoms with Crippen LogP contribution in [0.3, 0.4) is 0 Å². The SMILES string of the molecule is N#Cc1ccc(S(=O)(=O)Nc2c(Cl)ncnc2Cl)s1. The molecule has 6 nitrogen and oxygen atoms in total. The van der Waals surface area contributed by atoms with Crippen molar-refractivity contribution in [3.05, 3.63) is 33.6 Å². The van der Waals surface area contributed by atoms with Crippen molar-refractivity contribution in [2.45, 2.75) is 4.21 Å². The highest BCUT2D eigenvalue weighted by Crippen LogP contribution is 2.30. The van der Waals surface area contributed by atoms with Crippen LogP contribution in [-0.2, 0) is 10.0 Å². The number of thiophene rings is 1. The second kappa shape index (κ2) is 5.30. The molecule has 0 aliphatic carbocycles. The summed E-state index contributed by atoms with van der Waals surface area (Å²) >= 11 is 12.3. The minimum absolute atomic E-state index is 0.0277. The van der Waals surface area contributed by atoms with Gasteiger partial charge in [0.15, 0.2) is 10.3 Å². The molecular formula is C9H4Cl2N4O2S2. The second-order valence-electron chi connectivity index (χ2n) is 3.17. The fourth-order valence-corrected chi connectivity index (χ4v) is 3.84. The third-order valence-corrected chi connectivity index (χ3v) is 5.35. The number of hydrogen-bond donors (Lipinski definition) is 1. The molecule has 2 heterocycles. The minimum atomic E-state index is -3.88. The Balaban J connectivity index is 2.40. The average molecular weight is 335 g/mol. The van der Waals surface area contributed by atoms with E-state index in [0.29, 0.717) is 0 Å². The lowest BCUT2D eigenvalue weighted by molar-refractivity contribution is 0.603. The van der Waals surface area contributed by atoms with Crippen molar-refractivity contribution in [2.24, 2.45) is 0 Å². The largest absolute Gasteiger partial charge is 0.273 e. The van der Waals surface area contributed by atoms with E-state index < -0.39 is 10.0 Å². The van der Waals surface area contributed by atoms with E-state index in [1.165, 1.54) is 12.1 Å². The Hall–Kier alpha value is -1.40. The zero-order valence-corrected chi connectivity index (χ0v) is 12.1. The van der Waals surface area contributed by atoms with Crippen LogP contribution in [-0.4, -0.2) is 18.4 Å². The molecule has 98 valence electrons. The molecule has 19 heavy (non-hydrogen) atoms. The molecule has 2 aromatic rings. The lowest BCUT2D eigenvalue weighted by atomic mass is 10.5. The topological polar surface area (TPSA) is 95.7 Å². The quantitative estimate of drug-likeness (QED) is 0.870. The number of aromatic nitrogens is 2. The lowest BCUT2D eigenvalue weighted by Crippen LogP contribution is -2.13. The van der Waals surface area contributed by atoms with Crippen molar-refractivity contribution >= 4 is 50.2 Å². The molecule has 2 aromatic heterocycles. The van der Waals surface area contributed by atoms with E-state index in [4.69, 9.17) is 28.5 Å². The Morgan fingerprint density at radius 1 is 1.26 bits per heavy atom. The molecule has 0 saturated carbocycles. The summed E-state index contributed by atoms with van der Waals surface area (Å²) in [7, 11) is -3.88. The van der Waals surface area contributed by atoms with Crippen LogP contribution in [0.15, 0.2) is 22.7 Å². The van der Waals surface area contributed by atoms with Gasteiger partial charge in [-0.2, -0.15) is 5.26 Å². The fraction of sp³-hybridized carbons (Fsp3) is 0. The van der Waals surface area contributed by atoms with Crippen LogP contribution >= 0.6 is 34.5 Å². The predicted molar refractivity (Wildman–Crippen MR) is 71.9 cm³/mol. The minimum Gasteiger partial charge on any atom is -0.273 e. The molecule has 2 rings (SSSR count). The van der Waals surface area contributed by atoms with Gasteiger partial charge < -0.3 is 0 Å². The highest BCUT2D eigenvalue weighted by atomic mass is 35.5. The van der Waals surface area contributed by atoms with Crippen LogP contribution in [0.4, 0.5) is 5.69 Å². The third-order valence-electron chi connectivity index (χ3n) is 1.95. The Kier molecular flexibility index (Phi) is 3.91. The lowest BCUT2D eigenvalue weighted by Gasteiger charge is -2.07. The first-order valence-corrected chi connectivity index (χ1v) is 7.68. The molecule has 0 spiro atoms. The summed E-state index contributed by atoms with van der Waals surface area (Å²) in [5, 5.41) is 8.46. The Bertz CT molecular complexity index is 747. The predicted octanol–water partition coefficient (Wildman–Crippen LogP) is 2.52. The van der Waals surface area contributed by atoms with E-state index in [0.717, 1.165) is 17.7 Å². The molecule has 0 aliphatic rings. The van der Waals surface area contributed by atoms with Crippen LogP contribution in [0.1, 0.15) is 4.88 Å². The number of anilines is 1. The number of nitrogens with zero attached hydrogens (tertiary/aromatic N) is 3. The highest BCUT2D eigenvalue weighted by Gasteiger charge is 2.20. The monoisotopic (exact) mass is 334 g/mol. The summed E-state index contributed by atoms with van der Waals surface area (Å²) in [6.45, 7) is 0. The summed E-state index contributed by atoms with van der Waals surface area (Å²) in [4.78, 5) is 7.55. The number of nitriles is 1. The van der Waals surface area contributed by atoms with E-state index in [2.05, 4.69) is 14.7 Å². The van der Waals surface area contributed by atoms with E-state index >= 15 is 0 Å². The van der Waals surface area contributed by atoms with E-state index in [1.807, 2.05) is 6.07 Å². The molecule has 0 fully saturated rings. The van der Waals surface area contributed by atoms with E-state index in [-0.39, 0.29) is 25.1 Å². The average Bonchev–Trinajstić information content (AvgIpc) is 2.83. The van der Waals surface area contributed by atoms with Crippen LogP contribution in [0.25, 0.3) is 0 Å².